The topological polar surface area (TPSA) is 61.3 Å². The van der Waals surface area contributed by atoms with Crippen LogP contribution >= 0.6 is 0 Å². The molecule has 2 aromatic rings. The summed E-state index contributed by atoms with van der Waals surface area (Å²) in [5, 5.41) is 0. The quantitative estimate of drug-likeness (QED) is 0.440. The van der Waals surface area contributed by atoms with E-state index in [1.54, 1.807) is 6.20 Å². The van der Waals surface area contributed by atoms with Crippen molar-refractivity contribution in [3.8, 4) is 23.0 Å². The molecule has 0 fully saturated rings. The van der Waals surface area contributed by atoms with Gasteiger partial charge in [0.05, 0.1) is 12.8 Å². The van der Waals surface area contributed by atoms with Gasteiger partial charge in [-0.2, -0.15) is 9.97 Å². The lowest BCUT2D eigenvalue weighted by Crippen LogP contribution is -2.12. The monoisotopic (exact) mass is 356 g/mol. The normalized spacial score (nSPS) is 11.8. The van der Waals surface area contributed by atoms with Crippen LogP contribution in [0.15, 0.2) is 36.5 Å². The van der Waals surface area contributed by atoms with E-state index in [-0.39, 0.29) is 12.0 Å². The number of hydrogen-bond acceptors (Lipinski definition) is 5. The smallest absolute Gasteiger partial charge is 0.325 e. The number of hydrogen-bond donors (Lipinski definition) is 0. The molecule has 0 aliphatic carbocycles. The van der Waals surface area contributed by atoms with Crippen molar-refractivity contribution in [3.05, 3.63) is 36.5 Å². The first-order valence-electron chi connectivity index (χ1n) is 9.40. The number of rotatable bonds is 10. The van der Waals surface area contributed by atoms with Gasteiger partial charge in [-0.25, -0.2) is 0 Å². The second-order valence-electron chi connectivity index (χ2n) is 6.46. The van der Waals surface area contributed by atoms with Crippen molar-refractivity contribution in [2.45, 2.75) is 52.9 Å². The number of unbranched alkanes of at least 4 members (excludes halogenated alkanes) is 1. The molecule has 0 bridgehead atoms. The molecule has 0 saturated carbocycles. The van der Waals surface area contributed by atoms with Gasteiger partial charge in [0.15, 0.2) is 5.75 Å². The largest absolute Gasteiger partial charge is 0.490 e. The summed E-state index contributed by atoms with van der Waals surface area (Å²) in [4.78, 5) is 20.6. The molecule has 1 aromatic carbocycles. The fraction of sp³-hybridized carbons (Fsp3) is 0.476. The zero-order chi connectivity index (χ0) is 18.8. The van der Waals surface area contributed by atoms with Gasteiger partial charge in [0.1, 0.15) is 5.69 Å². The Morgan fingerprint density at radius 3 is 2.65 bits per heavy atom. The molecule has 140 valence electrons. The molecular weight excluding hydrogens is 328 g/mol. The predicted octanol–water partition coefficient (Wildman–Crippen LogP) is 5.05. The zero-order valence-corrected chi connectivity index (χ0v) is 15.9. The molecule has 5 nitrogen and oxygen atoms in total. The first kappa shape index (κ1) is 19.9. The molecule has 0 radical (unpaired) electrons. The summed E-state index contributed by atoms with van der Waals surface area (Å²) in [6.07, 6.45) is 5.81. The summed E-state index contributed by atoms with van der Waals surface area (Å²) >= 11 is 0. The highest BCUT2D eigenvalue weighted by Crippen LogP contribution is 2.29. The molecule has 5 heteroatoms. The van der Waals surface area contributed by atoms with E-state index < -0.39 is 0 Å². The molecule has 1 atom stereocenters. The van der Waals surface area contributed by atoms with Crippen LogP contribution in [0.3, 0.4) is 0 Å². The number of carbonyl (C=O) groups excluding carboxylic acids is 1. The molecule has 0 amide bonds. The van der Waals surface area contributed by atoms with Crippen molar-refractivity contribution < 1.29 is 14.3 Å². The average Bonchev–Trinajstić information content (AvgIpc) is 2.68. The van der Waals surface area contributed by atoms with Gasteiger partial charge < -0.3 is 9.47 Å². The van der Waals surface area contributed by atoms with E-state index in [0.29, 0.717) is 30.4 Å². The third kappa shape index (κ3) is 6.14. The molecule has 0 spiro atoms. The highest BCUT2D eigenvalue weighted by molar-refractivity contribution is 5.72. The van der Waals surface area contributed by atoms with Gasteiger partial charge in [-0.15, -0.1) is 0 Å². The minimum Gasteiger partial charge on any atom is -0.490 e. The van der Waals surface area contributed by atoms with Gasteiger partial charge in [0, 0.05) is 12.0 Å². The summed E-state index contributed by atoms with van der Waals surface area (Å²) in [5.74, 6) is 0.797. The number of aromatic nitrogens is 2. The Morgan fingerprint density at radius 2 is 1.96 bits per heavy atom. The van der Waals surface area contributed by atoms with E-state index in [9.17, 15) is 4.79 Å². The van der Waals surface area contributed by atoms with Crippen LogP contribution in [-0.4, -0.2) is 22.5 Å². The highest BCUT2D eigenvalue weighted by Gasteiger charge is 2.14. The van der Waals surface area contributed by atoms with Crippen molar-refractivity contribution in [3.63, 3.8) is 0 Å². The highest BCUT2D eigenvalue weighted by atomic mass is 16.5. The standard InChI is InChI=1S/C21H28N2O3/c1-4-6-14-25-18-15-22-21(26-19(24)13-12-16(3)5-2)23-20(18)17-10-8-7-9-11-17/h7-11,15-16H,4-6,12-14H2,1-3H3. The van der Waals surface area contributed by atoms with E-state index in [1.807, 2.05) is 30.3 Å². The van der Waals surface area contributed by atoms with Crippen LogP contribution in [0.4, 0.5) is 0 Å². The molecular formula is C21H28N2O3. The Kier molecular flexibility index (Phi) is 8.06. The van der Waals surface area contributed by atoms with Crippen LogP contribution in [0.5, 0.6) is 11.8 Å². The maximum absolute atomic E-state index is 12.0. The van der Waals surface area contributed by atoms with Crippen molar-refractivity contribution in [1.29, 1.82) is 0 Å². The SMILES string of the molecule is CCCCOc1cnc(OC(=O)CCC(C)CC)nc1-c1ccccc1. The van der Waals surface area contributed by atoms with Crippen molar-refractivity contribution in [2.75, 3.05) is 6.61 Å². The lowest BCUT2D eigenvalue weighted by Gasteiger charge is -2.12. The summed E-state index contributed by atoms with van der Waals surface area (Å²) in [6.45, 7) is 6.95. The van der Waals surface area contributed by atoms with Gasteiger partial charge in [-0.05, 0) is 18.8 Å². The summed E-state index contributed by atoms with van der Waals surface area (Å²) in [5.41, 5.74) is 1.54. The van der Waals surface area contributed by atoms with Crippen LogP contribution in [0.1, 0.15) is 52.9 Å². The Hall–Kier alpha value is -2.43. The van der Waals surface area contributed by atoms with Gasteiger partial charge in [-0.3, -0.25) is 4.79 Å². The third-order valence-electron chi connectivity index (χ3n) is 4.28. The maximum Gasteiger partial charge on any atom is 0.325 e. The first-order valence-corrected chi connectivity index (χ1v) is 9.40. The van der Waals surface area contributed by atoms with Crippen LogP contribution in [0, 0.1) is 5.92 Å². The molecule has 0 aliphatic rings. The fourth-order valence-corrected chi connectivity index (χ4v) is 2.36. The third-order valence-corrected chi connectivity index (χ3v) is 4.28. The minimum absolute atomic E-state index is 0.0702. The predicted molar refractivity (Wildman–Crippen MR) is 102 cm³/mol. The fourth-order valence-electron chi connectivity index (χ4n) is 2.36. The lowest BCUT2D eigenvalue weighted by atomic mass is 10.0. The molecule has 1 heterocycles. The Bertz CT molecular complexity index is 689. The zero-order valence-electron chi connectivity index (χ0n) is 15.9. The maximum atomic E-state index is 12.0. The van der Waals surface area contributed by atoms with E-state index in [4.69, 9.17) is 9.47 Å². The van der Waals surface area contributed by atoms with Crippen molar-refractivity contribution in [1.82, 2.24) is 9.97 Å². The van der Waals surface area contributed by atoms with Gasteiger partial charge in [0.25, 0.3) is 0 Å². The summed E-state index contributed by atoms with van der Waals surface area (Å²) in [6, 6.07) is 9.78. The molecule has 1 unspecified atom stereocenters. The van der Waals surface area contributed by atoms with E-state index in [0.717, 1.165) is 31.2 Å². The number of benzene rings is 1. The average molecular weight is 356 g/mol. The van der Waals surface area contributed by atoms with E-state index >= 15 is 0 Å². The first-order chi connectivity index (χ1) is 12.6. The van der Waals surface area contributed by atoms with Crippen LogP contribution in [0.2, 0.25) is 0 Å². The molecule has 26 heavy (non-hydrogen) atoms. The Labute approximate surface area is 155 Å². The van der Waals surface area contributed by atoms with Crippen LogP contribution in [-0.2, 0) is 4.79 Å². The summed E-state index contributed by atoms with van der Waals surface area (Å²) in [7, 11) is 0. The van der Waals surface area contributed by atoms with Gasteiger partial charge in [-0.1, -0.05) is 63.9 Å². The number of carbonyl (C=O) groups is 1. The number of ether oxygens (including phenoxy) is 2. The Balaban J connectivity index is 2.14. The second kappa shape index (κ2) is 10.5. The Morgan fingerprint density at radius 1 is 1.19 bits per heavy atom. The molecule has 0 saturated heterocycles. The van der Waals surface area contributed by atoms with Crippen LogP contribution < -0.4 is 9.47 Å². The minimum atomic E-state index is -0.302. The van der Waals surface area contributed by atoms with Crippen molar-refractivity contribution in [2.24, 2.45) is 5.92 Å². The molecule has 0 N–H and O–H groups in total. The molecule has 1 aromatic heterocycles. The molecule has 0 aliphatic heterocycles. The number of nitrogens with zero attached hydrogens (tertiary/aromatic N) is 2. The summed E-state index contributed by atoms with van der Waals surface area (Å²) < 4.78 is 11.2. The lowest BCUT2D eigenvalue weighted by molar-refractivity contribution is -0.135. The second-order valence-corrected chi connectivity index (χ2v) is 6.46. The number of esters is 1. The van der Waals surface area contributed by atoms with Crippen LogP contribution in [0.25, 0.3) is 11.3 Å². The molecule has 2 rings (SSSR count). The van der Waals surface area contributed by atoms with Crippen molar-refractivity contribution >= 4 is 5.97 Å². The van der Waals surface area contributed by atoms with E-state index in [1.165, 1.54) is 0 Å². The van der Waals surface area contributed by atoms with E-state index in [2.05, 4.69) is 30.7 Å². The van der Waals surface area contributed by atoms with Gasteiger partial charge >= 0.3 is 12.0 Å². The van der Waals surface area contributed by atoms with Gasteiger partial charge in [0.2, 0.25) is 0 Å².